The molecule has 0 spiro atoms. The Kier molecular flexibility index (Phi) is 8.27. The monoisotopic (exact) mass is 167 g/mol. The molecule has 0 aromatic rings. The zero-order chi connectivity index (χ0) is 9.23. The van der Waals surface area contributed by atoms with Crippen LogP contribution in [0.25, 0.3) is 0 Å². The number of rotatable bonds is 6. The van der Waals surface area contributed by atoms with E-state index in [1.165, 1.54) is 12.8 Å². The van der Waals surface area contributed by atoms with Crippen LogP contribution in [0.5, 0.6) is 0 Å². The Morgan fingerprint density at radius 2 is 1.92 bits per heavy atom. The summed E-state index contributed by atoms with van der Waals surface area (Å²) in [6.45, 7) is 8.58. The Bertz CT molecular complexity index is 137. The third-order valence-corrected chi connectivity index (χ3v) is 2.19. The zero-order valence-electron chi connectivity index (χ0n) is 8.61. The van der Waals surface area contributed by atoms with Crippen LogP contribution < -0.4 is 5.32 Å². The number of hydrogen-bond donors (Lipinski definition) is 1. The van der Waals surface area contributed by atoms with Gasteiger partial charge in [0.2, 0.25) is 0 Å². The molecule has 0 rings (SSSR count). The van der Waals surface area contributed by atoms with E-state index in [0.717, 1.165) is 25.4 Å². The molecule has 0 radical (unpaired) electrons. The van der Waals surface area contributed by atoms with Gasteiger partial charge in [-0.3, -0.25) is 0 Å². The van der Waals surface area contributed by atoms with Crippen LogP contribution in [-0.4, -0.2) is 13.1 Å². The standard InChI is InChI=1S/C11H21N/c1-4-7-8-9-12-10-11(5-2)6-3/h11-12H,5-6,8-10H2,1-3H3. The van der Waals surface area contributed by atoms with E-state index in [9.17, 15) is 0 Å². The van der Waals surface area contributed by atoms with Crippen molar-refractivity contribution < 1.29 is 0 Å². The van der Waals surface area contributed by atoms with Crippen molar-refractivity contribution in [2.75, 3.05) is 13.1 Å². The van der Waals surface area contributed by atoms with Gasteiger partial charge in [-0.2, -0.15) is 0 Å². The van der Waals surface area contributed by atoms with Crippen molar-refractivity contribution in [2.24, 2.45) is 5.92 Å². The Labute approximate surface area is 76.9 Å². The molecule has 1 N–H and O–H groups in total. The molecule has 0 aromatic carbocycles. The molecule has 1 heteroatoms. The predicted molar refractivity (Wildman–Crippen MR) is 55.0 cm³/mol. The third-order valence-electron chi connectivity index (χ3n) is 2.19. The summed E-state index contributed by atoms with van der Waals surface area (Å²) < 4.78 is 0. The lowest BCUT2D eigenvalue weighted by Crippen LogP contribution is -2.22. The van der Waals surface area contributed by atoms with Gasteiger partial charge in [0.1, 0.15) is 0 Å². The van der Waals surface area contributed by atoms with Gasteiger partial charge in [-0.25, -0.2) is 0 Å². The quantitative estimate of drug-likeness (QED) is 0.473. The van der Waals surface area contributed by atoms with E-state index in [1.54, 1.807) is 0 Å². The van der Waals surface area contributed by atoms with Crippen LogP contribution in [0.3, 0.4) is 0 Å². The van der Waals surface area contributed by atoms with Crippen LogP contribution in [0.2, 0.25) is 0 Å². The van der Waals surface area contributed by atoms with Crippen LogP contribution in [-0.2, 0) is 0 Å². The van der Waals surface area contributed by atoms with Gasteiger partial charge < -0.3 is 5.32 Å². The summed E-state index contributed by atoms with van der Waals surface area (Å²) in [7, 11) is 0. The molecule has 0 aliphatic rings. The lowest BCUT2D eigenvalue weighted by molar-refractivity contribution is 0.453. The van der Waals surface area contributed by atoms with Gasteiger partial charge in [0, 0.05) is 13.0 Å². The van der Waals surface area contributed by atoms with Crippen molar-refractivity contribution in [3.8, 4) is 11.8 Å². The summed E-state index contributed by atoms with van der Waals surface area (Å²) in [5.41, 5.74) is 0. The van der Waals surface area contributed by atoms with E-state index < -0.39 is 0 Å². The molecule has 0 fully saturated rings. The van der Waals surface area contributed by atoms with E-state index in [0.29, 0.717) is 0 Å². The summed E-state index contributed by atoms with van der Waals surface area (Å²) in [5.74, 6) is 6.79. The highest BCUT2D eigenvalue weighted by Gasteiger charge is 2.00. The van der Waals surface area contributed by atoms with Gasteiger partial charge in [0.05, 0.1) is 0 Å². The maximum atomic E-state index is 3.42. The van der Waals surface area contributed by atoms with Crippen LogP contribution >= 0.6 is 0 Å². The molecule has 70 valence electrons. The van der Waals surface area contributed by atoms with Crippen LogP contribution in [0.1, 0.15) is 40.0 Å². The number of hydrogen-bond acceptors (Lipinski definition) is 1. The first-order valence-corrected chi connectivity index (χ1v) is 4.95. The Hall–Kier alpha value is -0.480. The predicted octanol–water partition coefficient (Wildman–Crippen LogP) is 2.43. The normalized spacial score (nSPS) is 9.67. The van der Waals surface area contributed by atoms with Crippen LogP contribution in [0.15, 0.2) is 0 Å². The molecule has 0 amide bonds. The summed E-state index contributed by atoms with van der Waals surface area (Å²) >= 11 is 0. The highest BCUT2D eigenvalue weighted by molar-refractivity contribution is 4.95. The molecule has 12 heavy (non-hydrogen) atoms. The SMILES string of the molecule is CC#CCCNCC(CC)CC. The lowest BCUT2D eigenvalue weighted by Gasteiger charge is -2.11. The van der Waals surface area contributed by atoms with Crippen LogP contribution in [0, 0.1) is 17.8 Å². The number of nitrogens with one attached hydrogen (secondary N) is 1. The smallest absolute Gasteiger partial charge is 0.0214 e. The average molecular weight is 167 g/mol. The van der Waals surface area contributed by atoms with Gasteiger partial charge >= 0.3 is 0 Å². The molecule has 0 unspecified atom stereocenters. The van der Waals surface area contributed by atoms with Crippen molar-refractivity contribution in [1.82, 2.24) is 5.32 Å². The minimum Gasteiger partial charge on any atom is -0.316 e. The fourth-order valence-corrected chi connectivity index (χ4v) is 1.16. The molecule has 0 saturated carbocycles. The second kappa shape index (κ2) is 8.62. The summed E-state index contributed by atoms with van der Waals surface area (Å²) in [6.07, 6.45) is 3.54. The lowest BCUT2D eigenvalue weighted by atomic mass is 10.0. The Morgan fingerprint density at radius 3 is 2.42 bits per heavy atom. The topological polar surface area (TPSA) is 12.0 Å². The fourth-order valence-electron chi connectivity index (χ4n) is 1.16. The van der Waals surface area contributed by atoms with Gasteiger partial charge in [0.15, 0.2) is 0 Å². The Balaban J connectivity index is 3.21. The van der Waals surface area contributed by atoms with Gasteiger partial charge in [-0.05, 0) is 19.4 Å². The van der Waals surface area contributed by atoms with E-state index in [2.05, 4.69) is 31.0 Å². The average Bonchev–Trinajstić information content (AvgIpc) is 2.11. The van der Waals surface area contributed by atoms with Crippen molar-refractivity contribution in [1.29, 1.82) is 0 Å². The van der Waals surface area contributed by atoms with Crippen molar-refractivity contribution >= 4 is 0 Å². The summed E-state index contributed by atoms with van der Waals surface area (Å²) in [6, 6.07) is 0. The molecule has 1 nitrogen and oxygen atoms in total. The molecule has 0 aliphatic heterocycles. The molecule has 0 bridgehead atoms. The van der Waals surface area contributed by atoms with E-state index in [1.807, 2.05) is 6.92 Å². The molecule has 0 heterocycles. The van der Waals surface area contributed by atoms with E-state index >= 15 is 0 Å². The van der Waals surface area contributed by atoms with Crippen molar-refractivity contribution in [3.63, 3.8) is 0 Å². The van der Waals surface area contributed by atoms with Gasteiger partial charge in [-0.15, -0.1) is 11.8 Å². The minimum absolute atomic E-state index is 0.847. The van der Waals surface area contributed by atoms with Crippen molar-refractivity contribution in [2.45, 2.75) is 40.0 Å². The van der Waals surface area contributed by atoms with E-state index in [4.69, 9.17) is 0 Å². The van der Waals surface area contributed by atoms with E-state index in [-0.39, 0.29) is 0 Å². The highest BCUT2D eigenvalue weighted by atomic mass is 14.8. The maximum absolute atomic E-state index is 3.42. The first-order chi connectivity index (χ1) is 5.85. The van der Waals surface area contributed by atoms with Crippen LogP contribution in [0.4, 0.5) is 0 Å². The summed E-state index contributed by atoms with van der Waals surface area (Å²) in [4.78, 5) is 0. The van der Waals surface area contributed by atoms with Gasteiger partial charge in [0.25, 0.3) is 0 Å². The molecule has 0 saturated heterocycles. The highest BCUT2D eigenvalue weighted by Crippen LogP contribution is 2.04. The van der Waals surface area contributed by atoms with Gasteiger partial charge in [-0.1, -0.05) is 26.7 Å². The molecule has 0 aliphatic carbocycles. The first kappa shape index (κ1) is 11.5. The Morgan fingerprint density at radius 1 is 1.25 bits per heavy atom. The zero-order valence-corrected chi connectivity index (χ0v) is 8.61. The molecule has 0 atom stereocenters. The second-order valence-corrected chi connectivity index (χ2v) is 3.06. The first-order valence-electron chi connectivity index (χ1n) is 4.95. The second-order valence-electron chi connectivity index (χ2n) is 3.06. The largest absolute Gasteiger partial charge is 0.316 e. The van der Waals surface area contributed by atoms with Crippen molar-refractivity contribution in [3.05, 3.63) is 0 Å². The fraction of sp³-hybridized carbons (Fsp3) is 0.818. The molecule has 0 aromatic heterocycles. The maximum Gasteiger partial charge on any atom is 0.0214 e. The third kappa shape index (κ3) is 6.24. The molecular weight excluding hydrogens is 146 g/mol. The summed E-state index contributed by atoms with van der Waals surface area (Å²) in [5, 5.41) is 3.42. The molecular formula is C11H21N. The minimum atomic E-state index is 0.847.